The summed E-state index contributed by atoms with van der Waals surface area (Å²) < 4.78 is 5.21. The number of carbonyl (C=O) groups excluding carboxylic acids is 2. The second kappa shape index (κ2) is 14.9. The van der Waals surface area contributed by atoms with Gasteiger partial charge in [0.05, 0.1) is 18.4 Å². The lowest BCUT2D eigenvalue weighted by Gasteiger charge is -2.25. The van der Waals surface area contributed by atoms with Crippen molar-refractivity contribution >= 4 is 35.1 Å². The molecule has 0 bridgehead atoms. The molecule has 0 spiro atoms. The highest BCUT2D eigenvalue weighted by atomic mass is 35.5. The first-order chi connectivity index (χ1) is 18.3. The van der Waals surface area contributed by atoms with Gasteiger partial charge >= 0.3 is 5.97 Å². The molecule has 1 aliphatic rings. The SMILES string of the molecule is CCCCCCCOC(=O)[C@H](O)CN(Cc1ccc(-c2cc(Cl)ccc2Cl)cc1)NC(=O)C1C[N+]([O-])=NN1. The monoisotopic (exact) mass is 565 g/mol. The van der Waals surface area contributed by atoms with Crippen molar-refractivity contribution in [1.29, 1.82) is 0 Å². The lowest BCUT2D eigenvalue weighted by molar-refractivity contribution is -0.515. The predicted molar refractivity (Wildman–Crippen MR) is 144 cm³/mol. The Kier molecular flexibility index (Phi) is 11.6. The zero-order valence-electron chi connectivity index (χ0n) is 21.2. The number of aliphatic hydroxyl groups is 1. The summed E-state index contributed by atoms with van der Waals surface area (Å²) >= 11 is 12.4. The highest BCUT2D eigenvalue weighted by molar-refractivity contribution is 6.35. The predicted octanol–water partition coefficient (Wildman–Crippen LogP) is 4.22. The van der Waals surface area contributed by atoms with Gasteiger partial charge in [-0.05, 0) is 35.7 Å². The Bertz CT molecular complexity index is 1120. The first-order valence-electron chi connectivity index (χ1n) is 12.6. The van der Waals surface area contributed by atoms with Gasteiger partial charge in [-0.2, -0.15) is 10.3 Å². The standard InChI is InChI=1S/C26H33Cl2N5O5/c1-2-3-4-5-6-13-38-26(36)24(34)17-32(30-25(35)23-16-33(37)31-29-23)15-18-7-9-19(10-8-18)21-14-20(27)11-12-22(21)28/h7-12,14,23-24,29,34H,2-6,13,15-17H2,1H3,(H,30,35)/t23?,24-/m1/s1. The number of benzene rings is 2. The number of aliphatic hydroxyl groups excluding tert-OH is 1. The van der Waals surface area contributed by atoms with Crippen molar-refractivity contribution in [2.24, 2.45) is 5.22 Å². The number of hydrogen-bond donors (Lipinski definition) is 3. The van der Waals surface area contributed by atoms with Crippen LogP contribution in [0.25, 0.3) is 11.1 Å². The third-order valence-electron chi connectivity index (χ3n) is 5.97. The zero-order valence-corrected chi connectivity index (χ0v) is 22.7. The van der Waals surface area contributed by atoms with Crippen LogP contribution in [0, 0.1) is 5.21 Å². The molecule has 38 heavy (non-hydrogen) atoms. The van der Waals surface area contributed by atoms with Gasteiger partial charge in [-0.3, -0.25) is 10.2 Å². The summed E-state index contributed by atoms with van der Waals surface area (Å²) in [6.45, 7) is 2.15. The number of rotatable bonds is 14. The Hall–Kier alpha value is -2.92. The summed E-state index contributed by atoms with van der Waals surface area (Å²) in [6, 6.07) is 11.8. The lowest BCUT2D eigenvalue weighted by atomic mass is 10.0. The van der Waals surface area contributed by atoms with E-state index in [9.17, 15) is 19.9 Å². The molecule has 2 aromatic carbocycles. The van der Waals surface area contributed by atoms with Crippen LogP contribution in [0.2, 0.25) is 10.0 Å². The largest absolute Gasteiger partial charge is 0.696 e. The van der Waals surface area contributed by atoms with E-state index in [4.69, 9.17) is 27.9 Å². The van der Waals surface area contributed by atoms with Crippen LogP contribution in [0.5, 0.6) is 0 Å². The van der Waals surface area contributed by atoms with Crippen LogP contribution in [0.3, 0.4) is 0 Å². The normalized spacial score (nSPS) is 15.6. The van der Waals surface area contributed by atoms with Crippen LogP contribution < -0.4 is 10.9 Å². The molecule has 1 amide bonds. The van der Waals surface area contributed by atoms with Crippen molar-refractivity contribution in [3.05, 3.63) is 63.3 Å². The van der Waals surface area contributed by atoms with Crippen LogP contribution in [0.1, 0.15) is 44.6 Å². The fourth-order valence-corrected chi connectivity index (χ4v) is 4.28. The minimum atomic E-state index is -1.48. The van der Waals surface area contributed by atoms with E-state index < -0.39 is 24.0 Å². The number of amides is 1. The molecule has 0 aliphatic carbocycles. The number of halogens is 2. The van der Waals surface area contributed by atoms with Crippen LogP contribution in [0.4, 0.5) is 0 Å². The van der Waals surface area contributed by atoms with E-state index in [-0.39, 0.29) is 26.2 Å². The number of hydrogen-bond acceptors (Lipinski definition) is 8. The van der Waals surface area contributed by atoms with Crippen molar-refractivity contribution in [2.75, 3.05) is 19.7 Å². The topological polar surface area (TPSA) is 129 Å². The van der Waals surface area contributed by atoms with Gasteiger partial charge in [-0.1, -0.05) is 80.1 Å². The van der Waals surface area contributed by atoms with Crippen LogP contribution >= 0.6 is 23.2 Å². The third-order valence-corrected chi connectivity index (χ3v) is 6.54. The summed E-state index contributed by atoms with van der Waals surface area (Å²) in [5, 5.41) is 27.8. The van der Waals surface area contributed by atoms with Crippen LogP contribution in [0.15, 0.2) is 47.7 Å². The maximum absolute atomic E-state index is 12.7. The molecule has 3 rings (SSSR count). The molecule has 206 valence electrons. The van der Waals surface area contributed by atoms with Crippen molar-refractivity contribution in [3.8, 4) is 11.1 Å². The summed E-state index contributed by atoms with van der Waals surface area (Å²) in [7, 11) is 0. The second-order valence-corrected chi connectivity index (χ2v) is 9.94. The summed E-state index contributed by atoms with van der Waals surface area (Å²) in [5.41, 5.74) is 7.55. The fraction of sp³-hybridized carbons (Fsp3) is 0.462. The molecule has 3 N–H and O–H groups in total. The second-order valence-electron chi connectivity index (χ2n) is 9.09. The molecule has 0 saturated carbocycles. The number of hydrazine groups is 1. The molecule has 1 aliphatic heterocycles. The van der Waals surface area contributed by atoms with Crippen LogP contribution in [-0.4, -0.2) is 58.7 Å². The number of unbranched alkanes of at least 4 members (excludes halogenated alkanes) is 4. The minimum absolute atomic E-state index is 0.155. The number of hydroxylamine groups is 1. The molecule has 0 saturated heterocycles. The Morgan fingerprint density at radius 3 is 2.63 bits per heavy atom. The van der Waals surface area contributed by atoms with Gasteiger partial charge in [0.2, 0.25) is 6.04 Å². The van der Waals surface area contributed by atoms with E-state index in [0.717, 1.165) is 48.8 Å². The van der Waals surface area contributed by atoms with Gasteiger partial charge in [0.15, 0.2) is 12.6 Å². The third kappa shape index (κ3) is 9.13. The Labute approximate surface area is 232 Å². The van der Waals surface area contributed by atoms with Gasteiger partial charge in [-0.25, -0.2) is 9.80 Å². The average molecular weight is 566 g/mol. The Morgan fingerprint density at radius 1 is 1.21 bits per heavy atom. The average Bonchev–Trinajstić information content (AvgIpc) is 3.34. The van der Waals surface area contributed by atoms with E-state index in [1.165, 1.54) is 5.01 Å². The fourth-order valence-electron chi connectivity index (χ4n) is 3.88. The lowest BCUT2D eigenvalue weighted by Crippen LogP contribution is -2.53. The molecule has 1 heterocycles. The quantitative estimate of drug-likeness (QED) is 0.103. The van der Waals surface area contributed by atoms with Gasteiger partial charge in [0.25, 0.3) is 5.91 Å². The number of esters is 1. The number of nitrogens with zero attached hydrogens (tertiary/aromatic N) is 3. The van der Waals surface area contributed by atoms with E-state index in [1.807, 2.05) is 24.3 Å². The van der Waals surface area contributed by atoms with Crippen molar-refractivity contribution < 1.29 is 24.3 Å². The maximum atomic E-state index is 12.7. The molecule has 0 fully saturated rings. The van der Waals surface area contributed by atoms with Crippen molar-refractivity contribution in [3.63, 3.8) is 0 Å². The van der Waals surface area contributed by atoms with E-state index in [2.05, 4.69) is 23.0 Å². The van der Waals surface area contributed by atoms with E-state index in [1.54, 1.807) is 18.2 Å². The van der Waals surface area contributed by atoms with Crippen LogP contribution in [-0.2, 0) is 20.9 Å². The first kappa shape index (κ1) is 29.6. The Balaban J connectivity index is 1.63. The highest BCUT2D eigenvalue weighted by Gasteiger charge is 2.31. The minimum Gasteiger partial charge on any atom is -0.696 e. The molecule has 0 aromatic heterocycles. The number of ether oxygens (including phenoxy) is 1. The molecule has 2 aromatic rings. The molecular weight excluding hydrogens is 533 g/mol. The Morgan fingerprint density at radius 2 is 1.95 bits per heavy atom. The van der Waals surface area contributed by atoms with E-state index >= 15 is 0 Å². The summed E-state index contributed by atoms with van der Waals surface area (Å²) in [6.07, 6.45) is 3.52. The smallest absolute Gasteiger partial charge is 0.336 e. The van der Waals surface area contributed by atoms with Gasteiger partial charge in [0.1, 0.15) is 0 Å². The summed E-state index contributed by atoms with van der Waals surface area (Å²) in [5.74, 6) is -1.28. The number of carbonyl (C=O) groups is 2. The van der Waals surface area contributed by atoms with Gasteiger partial charge < -0.3 is 15.1 Å². The molecule has 0 radical (unpaired) electrons. The maximum Gasteiger partial charge on any atom is 0.336 e. The molecule has 2 atom stereocenters. The van der Waals surface area contributed by atoms with Gasteiger partial charge in [0, 0.05) is 22.2 Å². The zero-order chi connectivity index (χ0) is 27.5. The van der Waals surface area contributed by atoms with E-state index in [0.29, 0.717) is 14.9 Å². The molecule has 12 heteroatoms. The van der Waals surface area contributed by atoms with Gasteiger partial charge in [-0.15, -0.1) is 0 Å². The molecule has 10 nitrogen and oxygen atoms in total. The molecular formula is C26H33Cl2N5O5. The molecule has 1 unspecified atom stereocenters. The highest BCUT2D eigenvalue weighted by Crippen LogP contribution is 2.30. The van der Waals surface area contributed by atoms with Crippen molar-refractivity contribution in [2.45, 2.75) is 57.7 Å². The first-order valence-corrected chi connectivity index (χ1v) is 13.4. The van der Waals surface area contributed by atoms with Crippen molar-refractivity contribution in [1.82, 2.24) is 15.9 Å². The summed E-state index contributed by atoms with van der Waals surface area (Å²) in [4.78, 5) is 25.4. The number of nitrogens with one attached hydrogen (secondary N) is 2.